The van der Waals surface area contributed by atoms with E-state index in [1.54, 1.807) is 30.9 Å². The maximum Gasteiger partial charge on any atom is 0.147 e. The second kappa shape index (κ2) is 6.80. The van der Waals surface area contributed by atoms with Crippen molar-refractivity contribution in [1.82, 2.24) is 15.0 Å². The zero-order chi connectivity index (χ0) is 16.2. The Balaban J connectivity index is 1.67. The van der Waals surface area contributed by atoms with Gasteiger partial charge in [0.15, 0.2) is 0 Å². The van der Waals surface area contributed by atoms with Crippen LogP contribution >= 0.6 is 11.6 Å². The first-order valence-corrected chi connectivity index (χ1v) is 7.86. The molecule has 0 aromatic carbocycles. The molecular weight excluding hydrogens is 312 g/mol. The topological polar surface area (TPSA) is 68.9 Å². The number of hydrogen-bond donors (Lipinski definition) is 0. The van der Waals surface area contributed by atoms with Gasteiger partial charge in [0.1, 0.15) is 17.7 Å². The van der Waals surface area contributed by atoms with Gasteiger partial charge in [0.05, 0.1) is 16.8 Å². The lowest BCUT2D eigenvalue weighted by Gasteiger charge is -2.37. The summed E-state index contributed by atoms with van der Waals surface area (Å²) in [5.74, 6) is 1.65. The third kappa shape index (κ3) is 3.35. The lowest BCUT2D eigenvalue weighted by atomic mass is 10.0. The molecule has 0 saturated carbocycles. The molecule has 0 atom stereocenters. The first-order valence-electron chi connectivity index (χ1n) is 7.48. The summed E-state index contributed by atoms with van der Waals surface area (Å²) in [6.45, 7) is 1.84. The molecule has 0 aliphatic carbocycles. The van der Waals surface area contributed by atoms with E-state index in [0.717, 1.165) is 37.6 Å². The highest BCUT2D eigenvalue weighted by Gasteiger charge is 2.25. The SMILES string of the molecule is CN(c1ncc(C#N)cc1Cl)C1CCN(c2cnccn2)CC1. The van der Waals surface area contributed by atoms with Crippen LogP contribution < -0.4 is 9.80 Å². The van der Waals surface area contributed by atoms with Gasteiger partial charge >= 0.3 is 0 Å². The summed E-state index contributed by atoms with van der Waals surface area (Å²) in [6.07, 6.45) is 8.74. The first kappa shape index (κ1) is 15.5. The Bertz CT molecular complexity index is 706. The quantitative estimate of drug-likeness (QED) is 0.862. The number of pyridine rings is 1. The number of piperidine rings is 1. The number of nitrogens with zero attached hydrogens (tertiary/aromatic N) is 6. The van der Waals surface area contributed by atoms with Gasteiger partial charge in [-0.05, 0) is 18.9 Å². The largest absolute Gasteiger partial charge is 0.355 e. The van der Waals surface area contributed by atoms with Gasteiger partial charge in [0.2, 0.25) is 0 Å². The molecule has 6 nitrogen and oxygen atoms in total. The second-order valence-corrected chi connectivity index (χ2v) is 5.94. The Labute approximate surface area is 140 Å². The van der Waals surface area contributed by atoms with Crippen molar-refractivity contribution in [1.29, 1.82) is 5.26 Å². The summed E-state index contributed by atoms with van der Waals surface area (Å²) in [4.78, 5) is 17.2. The number of anilines is 2. The fraction of sp³-hybridized carbons (Fsp3) is 0.375. The van der Waals surface area contributed by atoms with Gasteiger partial charge in [-0.2, -0.15) is 5.26 Å². The fourth-order valence-corrected chi connectivity index (χ4v) is 3.16. The molecule has 0 unspecified atom stereocenters. The summed E-state index contributed by atoms with van der Waals surface area (Å²) in [7, 11) is 2.00. The maximum absolute atomic E-state index is 8.90. The van der Waals surface area contributed by atoms with Crippen LogP contribution in [0.1, 0.15) is 18.4 Å². The van der Waals surface area contributed by atoms with Crippen molar-refractivity contribution in [3.8, 4) is 6.07 Å². The lowest BCUT2D eigenvalue weighted by molar-refractivity contribution is 0.478. The average molecular weight is 329 g/mol. The van der Waals surface area contributed by atoms with Gasteiger partial charge < -0.3 is 9.80 Å². The van der Waals surface area contributed by atoms with E-state index in [-0.39, 0.29) is 0 Å². The highest BCUT2D eigenvalue weighted by Crippen LogP contribution is 2.28. The summed E-state index contributed by atoms with van der Waals surface area (Å²) >= 11 is 6.26. The Morgan fingerprint density at radius 1 is 1.26 bits per heavy atom. The van der Waals surface area contributed by atoms with E-state index in [9.17, 15) is 0 Å². The minimum Gasteiger partial charge on any atom is -0.355 e. The first-order chi connectivity index (χ1) is 11.2. The van der Waals surface area contributed by atoms with Crippen molar-refractivity contribution < 1.29 is 0 Å². The van der Waals surface area contributed by atoms with E-state index in [1.807, 2.05) is 7.05 Å². The number of aromatic nitrogens is 3. The summed E-state index contributed by atoms with van der Waals surface area (Å²) < 4.78 is 0. The van der Waals surface area contributed by atoms with Crippen LogP contribution in [0.3, 0.4) is 0 Å². The second-order valence-electron chi connectivity index (χ2n) is 5.53. The number of nitriles is 1. The van der Waals surface area contributed by atoms with Crippen molar-refractivity contribution in [3.63, 3.8) is 0 Å². The molecule has 0 N–H and O–H groups in total. The molecule has 3 heterocycles. The van der Waals surface area contributed by atoms with E-state index in [2.05, 4.69) is 30.8 Å². The van der Waals surface area contributed by atoms with Crippen LogP contribution in [0.4, 0.5) is 11.6 Å². The molecular formula is C16H17ClN6. The highest BCUT2D eigenvalue weighted by atomic mass is 35.5. The van der Waals surface area contributed by atoms with Crippen molar-refractivity contribution in [3.05, 3.63) is 41.4 Å². The standard InChI is InChI=1S/C16H17ClN6/c1-22(16-14(17)8-12(9-18)10-21-16)13-2-6-23(7-3-13)15-11-19-4-5-20-15/h4-5,8,10-11,13H,2-3,6-7H2,1H3. The van der Waals surface area contributed by atoms with E-state index < -0.39 is 0 Å². The molecule has 1 aliphatic heterocycles. The third-order valence-corrected chi connectivity index (χ3v) is 4.45. The van der Waals surface area contributed by atoms with Gasteiger partial charge in [0.25, 0.3) is 0 Å². The van der Waals surface area contributed by atoms with Crippen molar-refractivity contribution in [2.75, 3.05) is 29.9 Å². The Kier molecular flexibility index (Phi) is 4.58. The van der Waals surface area contributed by atoms with Gasteiger partial charge in [-0.25, -0.2) is 9.97 Å². The van der Waals surface area contributed by atoms with E-state index in [1.165, 1.54) is 0 Å². The predicted octanol–water partition coefficient (Wildman–Crippen LogP) is 2.50. The average Bonchev–Trinajstić information content (AvgIpc) is 2.62. The Morgan fingerprint density at radius 3 is 2.65 bits per heavy atom. The minimum atomic E-state index is 0.362. The minimum absolute atomic E-state index is 0.362. The molecule has 0 amide bonds. The molecule has 1 saturated heterocycles. The van der Waals surface area contributed by atoms with Gasteiger partial charge in [-0.3, -0.25) is 4.98 Å². The van der Waals surface area contributed by atoms with Crippen LogP contribution in [0.15, 0.2) is 30.9 Å². The summed E-state index contributed by atoms with van der Waals surface area (Å²) in [5, 5.41) is 9.42. The van der Waals surface area contributed by atoms with Crippen LogP contribution in [0.2, 0.25) is 5.02 Å². The molecule has 0 bridgehead atoms. The zero-order valence-corrected chi connectivity index (χ0v) is 13.6. The zero-order valence-electron chi connectivity index (χ0n) is 12.9. The van der Waals surface area contributed by atoms with Crippen LogP contribution in [-0.4, -0.2) is 41.1 Å². The predicted molar refractivity (Wildman–Crippen MR) is 89.6 cm³/mol. The molecule has 2 aromatic heterocycles. The van der Waals surface area contributed by atoms with Crippen molar-refractivity contribution >= 4 is 23.2 Å². The van der Waals surface area contributed by atoms with Gasteiger partial charge in [-0.1, -0.05) is 11.6 Å². The molecule has 118 valence electrons. The smallest absolute Gasteiger partial charge is 0.147 e. The summed E-state index contributed by atoms with van der Waals surface area (Å²) in [5.41, 5.74) is 0.477. The molecule has 2 aromatic rings. The van der Waals surface area contributed by atoms with E-state index in [0.29, 0.717) is 16.6 Å². The van der Waals surface area contributed by atoms with E-state index >= 15 is 0 Å². The molecule has 7 heteroatoms. The third-order valence-electron chi connectivity index (χ3n) is 4.17. The van der Waals surface area contributed by atoms with Gasteiger partial charge in [-0.15, -0.1) is 0 Å². The van der Waals surface area contributed by atoms with Crippen molar-refractivity contribution in [2.24, 2.45) is 0 Å². The van der Waals surface area contributed by atoms with Crippen LogP contribution in [-0.2, 0) is 0 Å². The van der Waals surface area contributed by atoms with Crippen LogP contribution in [0.5, 0.6) is 0 Å². The van der Waals surface area contributed by atoms with Crippen LogP contribution in [0, 0.1) is 11.3 Å². The molecule has 1 fully saturated rings. The maximum atomic E-state index is 8.90. The highest BCUT2D eigenvalue weighted by molar-refractivity contribution is 6.33. The molecule has 1 aliphatic rings. The monoisotopic (exact) mass is 328 g/mol. The Morgan fingerprint density at radius 2 is 2.04 bits per heavy atom. The number of halogens is 1. The summed E-state index contributed by atoms with van der Waals surface area (Å²) in [6, 6.07) is 4.08. The van der Waals surface area contributed by atoms with E-state index in [4.69, 9.17) is 16.9 Å². The molecule has 0 spiro atoms. The van der Waals surface area contributed by atoms with Crippen molar-refractivity contribution in [2.45, 2.75) is 18.9 Å². The Hall–Kier alpha value is -2.39. The van der Waals surface area contributed by atoms with Gasteiger partial charge in [0, 0.05) is 44.8 Å². The van der Waals surface area contributed by atoms with Crippen LogP contribution in [0.25, 0.3) is 0 Å². The molecule has 3 rings (SSSR count). The lowest BCUT2D eigenvalue weighted by Crippen LogP contribution is -2.44. The fourth-order valence-electron chi connectivity index (χ4n) is 2.86. The molecule has 23 heavy (non-hydrogen) atoms. The normalized spacial score (nSPS) is 15.3. The number of rotatable bonds is 3. The molecule has 0 radical (unpaired) electrons. The number of hydrogen-bond acceptors (Lipinski definition) is 6.